The molecule has 2 heterocycles. The molecule has 25 heavy (non-hydrogen) atoms. The second kappa shape index (κ2) is 6.64. The Morgan fingerprint density at radius 2 is 1.92 bits per heavy atom. The second-order valence-corrected chi connectivity index (χ2v) is 7.52. The van der Waals surface area contributed by atoms with Gasteiger partial charge in [-0.3, -0.25) is 4.79 Å². The highest BCUT2D eigenvalue weighted by Gasteiger charge is 2.32. The number of nitrogens with zero attached hydrogens (tertiary/aromatic N) is 1. The monoisotopic (exact) mass is 334 g/mol. The van der Waals surface area contributed by atoms with Crippen molar-refractivity contribution >= 4 is 5.91 Å². The topological polar surface area (TPSA) is 32.3 Å². The largest absolute Gasteiger partial charge is 0.332 e. The first-order valence-electron chi connectivity index (χ1n) is 9.37. The Bertz CT molecular complexity index is 779. The maximum Gasteiger partial charge on any atom is 0.254 e. The van der Waals surface area contributed by atoms with Crippen LogP contribution in [0.3, 0.4) is 0 Å². The Hall–Kier alpha value is -2.13. The van der Waals surface area contributed by atoms with Gasteiger partial charge >= 0.3 is 0 Å². The van der Waals surface area contributed by atoms with Gasteiger partial charge in [0.05, 0.1) is 6.04 Å². The molecule has 1 N–H and O–H groups in total. The number of amides is 1. The van der Waals surface area contributed by atoms with Crippen molar-refractivity contribution < 1.29 is 4.79 Å². The van der Waals surface area contributed by atoms with Gasteiger partial charge in [-0.15, -0.1) is 0 Å². The molecule has 130 valence electrons. The number of likely N-dealkylation sites (tertiary alicyclic amines) is 1. The molecule has 2 aliphatic rings. The van der Waals surface area contributed by atoms with Crippen LogP contribution in [0.2, 0.25) is 0 Å². The van der Waals surface area contributed by atoms with Crippen molar-refractivity contribution in [3.63, 3.8) is 0 Å². The van der Waals surface area contributed by atoms with Crippen LogP contribution in [-0.4, -0.2) is 17.4 Å². The molecule has 0 spiro atoms. The van der Waals surface area contributed by atoms with Crippen LogP contribution in [0.4, 0.5) is 0 Å². The summed E-state index contributed by atoms with van der Waals surface area (Å²) in [5, 5.41) is 3.36. The van der Waals surface area contributed by atoms with Gasteiger partial charge in [0.2, 0.25) is 0 Å². The average molecular weight is 334 g/mol. The Balaban J connectivity index is 1.61. The van der Waals surface area contributed by atoms with Crippen molar-refractivity contribution in [1.29, 1.82) is 0 Å². The lowest BCUT2D eigenvalue weighted by molar-refractivity contribution is 0.0734. The number of carbonyl (C=O) groups is 1. The summed E-state index contributed by atoms with van der Waals surface area (Å²) in [6, 6.07) is 15.2. The van der Waals surface area contributed by atoms with Crippen molar-refractivity contribution in [2.45, 2.75) is 51.7 Å². The fourth-order valence-electron chi connectivity index (χ4n) is 4.15. The van der Waals surface area contributed by atoms with Crippen LogP contribution in [-0.2, 0) is 13.1 Å². The lowest BCUT2D eigenvalue weighted by Gasteiger charge is -2.26. The molecule has 0 aromatic heterocycles. The van der Waals surface area contributed by atoms with E-state index in [0.29, 0.717) is 5.92 Å². The number of hydrogen-bond acceptors (Lipinski definition) is 2. The summed E-state index contributed by atoms with van der Waals surface area (Å²) in [5.41, 5.74) is 5.96. The number of benzene rings is 2. The van der Waals surface area contributed by atoms with E-state index >= 15 is 0 Å². The molecule has 1 atom stereocenters. The van der Waals surface area contributed by atoms with E-state index in [0.717, 1.165) is 38.0 Å². The lowest BCUT2D eigenvalue weighted by atomic mass is 9.97. The third kappa shape index (κ3) is 2.98. The molecule has 4 rings (SSSR count). The highest BCUT2D eigenvalue weighted by atomic mass is 16.2. The molecule has 0 radical (unpaired) electrons. The first-order valence-corrected chi connectivity index (χ1v) is 9.37. The van der Waals surface area contributed by atoms with Crippen molar-refractivity contribution in [2.24, 2.45) is 0 Å². The second-order valence-electron chi connectivity index (χ2n) is 7.52. The lowest BCUT2D eigenvalue weighted by Crippen LogP contribution is -2.31. The molecule has 2 aromatic rings. The van der Waals surface area contributed by atoms with E-state index in [1.54, 1.807) is 0 Å². The molecule has 0 saturated carbocycles. The third-order valence-electron chi connectivity index (χ3n) is 5.62. The summed E-state index contributed by atoms with van der Waals surface area (Å²) >= 11 is 0. The van der Waals surface area contributed by atoms with Gasteiger partial charge in [-0.25, -0.2) is 0 Å². The van der Waals surface area contributed by atoms with Gasteiger partial charge < -0.3 is 10.2 Å². The summed E-state index contributed by atoms with van der Waals surface area (Å²) in [4.78, 5) is 15.3. The van der Waals surface area contributed by atoms with Crippen LogP contribution in [0.1, 0.15) is 71.3 Å². The quantitative estimate of drug-likeness (QED) is 0.903. The zero-order chi connectivity index (χ0) is 17.4. The van der Waals surface area contributed by atoms with E-state index < -0.39 is 0 Å². The molecule has 0 aliphatic carbocycles. The van der Waals surface area contributed by atoms with Crippen molar-refractivity contribution in [3.05, 3.63) is 70.3 Å². The van der Waals surface area contributed by atoms with E-state index in [-0.39, 0.29) is 11.9 Å². The highest BCUT2D eigenvalue weighted by Crippen LogP contribution is 2.34. The van der Waals surface area contributed by atoms with Crippen LogP contribution in [0, 0.1) is 0 Å². The number of hydrogen-bond donors (Lipinski definition) is 1. The van der Waals surface area contributed by atoms with E-state index in [4.69, 9.17) is 0 Å². The molecule has 2 aliphatic heterocycles. The first-order chi connectivity index (χ1) is 12.1. The van der Waals surface area contributed by atoms with Crippen molar-refractivity contribution in [3.8, 4) is 0 Å². The van der Waals surface area contributed by atoms with Gasteiger partial charge in [-0.1, -0.05) is 50.2 Å². The molecule has 1 fully saturated rings. The van der Waals surface area contributed by atoms with Gasteiger partial charge in [0.25, 0.3) is 5.91 Å². The summed E-state index contributed by atoms with van der Waals surface area (Å²) in [5.74, 6) is 0.728. The highest BCUT2D eigenvalue weighted by molar-refractivity contribution is 5.96. The number of fused-ring (bicyclic) bond motifs is 1. The summed E-state index contributed by atoms with van der Waals surface area (Å²) in [6.45, 7) is 6.96. The fourth-order valence-corrected chi connectivity index (χ4v) is 4.15. The predicted octanol–water partition coefficient (Wildman–Crippen LogP) is 4.39. The van der Waals surface area contributed by atoms with Gasteiger partial charge in [0.15, 0.2) is 0 Å². The maximum absolute atomic E-state index is 13.3. The number of carbonyl (C=O) groups excluding carboxylic acids is 1. The summed E-state index contributed by atoms with van der Waals surface area (Å²) in [6.07, 6.45) is 2.13. The van der Waals surface area contributed by atoms with Gasteiger partial charge in [0.1, 0.15) is 0 Å². The number of rotatable bonds is 3. The average Bonchev–Trinajstić information content (AvgIpc) is 3.30. The zero-order valence-electron chi connectivity index (χ0n) is 15.1. The molecule has 1 saturated heterocycles. The van der Waals surface area contributed by atoms with Crippen LogP contribution in [0.5, 0.6) is 0 Å². The van der Waals surface area contributed by atoms with Crippen molar-refractivity contribution in [2.75, 3.05) is 6.54 Å². The third-order valence-corrected chi connectivity index (χ3v) is 5.62. The van der Waals surface area contributed by atoms with Gasteiger partial charge in [-0.05, 0) is 47.1 Å². The van der Waals surface area contributed by atoms with E-state index in [9.17, 15) is 4.79 Å². The minimum absolute atomic E-state index is 0.191. The molecule has 2 aromatic carbocycles. The molecule has 3 nitrogen and oxygen atoms in total. The molecule has 1 unspecified atom stereocenters. The Morgan fingerprint density at radius 3 is 2.68 bits per heavy atom. The molecule has 0 bridgehead atoms. The molecular weight excluding hydrogens is 308 g/mol. The van der Waals surface area contributed by atoms with Gasteiger partial charge in [-0.2, -0.15) is 0 Å². The Morgan fingerprint density at radius 1 is 1.12 bits per heavy atom. The minimum Gasteiger partial charge on any atom is -0.332 e. The normalized spacial score (nSPS) is 19.5. The zero-order valence-corrected chi connectivity index (χ0v) is 15.1. The maximum atomic E-state index is 13.3. The standard InChI is InChI=1S/C22H26N2O/c1-15(2)16-8-10-17(11-9-16)21-7-4-12-24(21)22(25)19-6-3-5-18-13-23-14-20(18)19/h3,5-6,8-11,15,21,23H,4,7,12-14H2,1-2H3. The van der Waals surface area contributed by atoms with Crippen molar-refractivity contribution in [1.82, 2.24) is 10.2 Å². The predicted molar refractivity (Wildman–Crippen MR) is 101 cm³/mol. The summed E-state index contributed by atoms with van der Waals surface area (Å²) < 4.78 is 0. The molecule has 1 amide bonds. The van der Waals surface area contributed by atoms with Crippen LogP contribution in [0.15, 0.2) is 42.5 Å². The van der Waals surface area contributed by atoms with Gasteiger partial charge in [0, 0.05) is 25.2 Å². The van der Waals surface area contributed by atoms with Crippen LogP contribution >= 0.6 is 0 Å². The Kier molecular flexibility index (Phi) is 4.34. The number of nitrogens with one attached hydrogen (secondary N) is 1. The van der Waals surface area contributed by atoms with Crippen LogP contribution in [0.25, 0.3) is 0 Å². The van der Waals surface area contributed by atoms with E-state index in [1.165, 1.54) is 22.3 Å². The SMILES string of the molecule is CC(C)c1ccc(C2CCCN2C(=O)c2cccc3c2CNC3)cc1. The van der Waals surface area contributed by atoms with Crippen LogP contribution < -0.4 is 5.32 Å². The minimum atomic E-state index is 0.191. The smallest absolute Gasteiger partial charge is 0.254 e. The van der Waals surface area contributed by atoms with E-state index in [1.807, 2.05) is 12.1 Å². The molecular formula is C22H26N2O. The summed E-state index contributed by atoms with van der Waals surface area (Å²) in [7, 11) is 0. The first kappa shape index (κ1) is 16.3. The fraction of sp³-hybridized carbons (Fsp3) is 0.409. The molecule has 3 heteroatoms. The van der Waals surface area contributed by atoms with E-state index in [2.05, 4.69) is 54.4 Å². The Labute approximate surface area is 150 Å².